The third-order valence-electron chi connectivity index (χ3n) is 3.02. The van der Waals surface area contributed by atoms with E-state index in [9.17, 15) is 4.79 Å². The van der Waals surface area contributed by atoms with Gasteiger partial charge in [0.15, 0.2) is 0 Å². The topological polar surface area (TPSA) is 73.6 Å². The van der Waals surface area contributed by atoms with Crippen LogP contribution in [0, 0.1) is 6.92 Å². The summed E-state index contributed by atoms with van der Waals surface area (Å²) < 4.78 is 10.3. The molecule has 0 saturated heterocycles. The maximum Gasteiger partial charge on any atom is 0.248 e. The maximum absolute atomic E-state index is 11.1. The van der Waals surface area contributed by atoms with E-state index < -0.39 is 0 Å². The molecule has 0 aromatic heterocycles. The second-order valence-corrected chi connectivity index (χ2v) is 4.64. The van der Waals surface area contributed by atoms with Gasteiger partial charge in [-0.1, -0.05) is 6.07 Å². The zero-order valence-electron chi connectivity index (χ0n) is 12.3. The molecule has 1 aromatic rings. The zero-order chi connectivity index (χ0) is 14.8. The van der Waals surface area contributed by atoms with Crippen LogP contribution >= 0.6 is 0 Å². The van der Waals surface area contributed by atoms with Crippen LogP contribution in [0.5, 0.6) is 0 Å². The fraction of sp³-hybridized carbons (Fsp3) is 0.533. The minimum atomic E-state index is -0.388. The molecule has 0 aliphatic heterocycles. The van der Waals surface area contributed by atoms with Gasteiger partial charge in [0.25, 0.3) is 0 Å². The van der Waals surface area contributed by atoms with E-state index in [4.69, 9.17) is 15.2 Å². The molecule has 1 rings (SSSR count). The molecule has 1 amide bonds. The van der Waals surface area contributed by atoms with Gasteiger partial charge < -0.3 is 20.5 Å². The highest BCUT2D eigenvalue weighted by Crippen LogP contribution is 2.10. The molecule has 0 heterocycles. The molecule has 1 aromatic carbocycles. The van der Waals surface area contributed by atoms with E-state index in [1.165, 1.54) is 5.56 Å². The summed E-state index contributed by atoms with van der Waals surface area (Å²) in [5.74, 6) is -0.388. The monoisotopic (exact) mass is 280 g/mol. The second kappa shape index (κ2) is 9.47. The molecule has 0 unspecified atom stereocenters. The first-order valence-corrected chi connectivity index (χ1v) is 6.82. The van der Waals surface area contributed by atoms with Crippen LogP contribution in [0.3, 0.4) is 0 Å². The van der Waals surface area contributed by atoms with Crippen molar-refractivity contribution in [3.05, 3.63) is 34.9 Å². The summed E-state index contributed by atoms with van der Waals surface area (Å²) in [6, 6.07) is 5.53. The third kappa shape index (κ3) is 6.14. The van der Waals surface area contributed by atoms with Gasteiger partial charge in [-0.05, 0) is 43.1 Å². The lowest BCUT2D eigenvalue weighted by Gasteiger charge is -2.09. The Morgan fingerprint density at radius 3 is 2.75 bits per heavy atom. The molecule has 0 aliphatic carbocycles. The Labute approximate surface area is 120 Å². The maximum atomic E-state index is 11.1. The van der Waals surface area contributed by atoms with Crippen LogP contribution in [0.25, 0.3) is 0 Å². The van der Waals surface area contributed by atoms with Gasteiger partial charge >= 0.3 is 0 Å². The number of carbonyl (C=O) groups excluding carboxylic acids is 1. The minimum absolute atomic E-state index is 0.388. The van der Waals surface area contributed by atoms with Crippen LogP contribution in [0.2, 0.25) is 0 Å². The van der Waals surface area contributed by atoms with E-state index in [-0.39, 0.29) is 5.91 Å². The van der Waals surface area contributed by atoms with Crippen molar-refractivity contribution in [3.63, 3.8) is 0 Å². The molecule has 0 saturated carbocycles. The van der Waals surface area contributed by atoms with Gasteiger partial charge in [-0.15, -0.1) is 0 Å². The molecule has 5 nitrogen and oxygen atoms in total. The van der Waals surface area contributed by atoms with Crippen molar-refractivity contribution >= 4 is 5.91 Å². The van der Waals surface area contributed by atoms with Gasteiger partial charge in [-0.25, -0.2) is 0 Å². The Hall–Kier alpha value is -1.43. The van der Waals surface area contributed by atoms with Crippen molar-refractivity contribution < 1.29 is 14.3 Å². The zero-order valence-corrected chi connectivity index (χ0v) is 12.3. The number of hydrogen-bond donors (Lipinski definition) is 2. The molecule has 0 spiro atoms. The van der Waals surface area contributed by atoms with Crippen molar-refractivity contribution in [2.45, 2.75) is 19.9 Å². The van der Waals surface area contributed by atoms with Crippen molar-refractivity contribution in [3.8, 4) is 0 Å². The van der Waals surface area contributed by atoms with Crippen LogP contribution in [0.1, 0.15) is 27.9 Å². The molecule has 0 radical (unpaired) electrons. The standard InChI is InChI=1S/C15H24N2O3/c1-12-10-13(15(16)18)4-5-14(12)11-17-6-3-7-20-9-8-19-2/h4-5,10,17H,3,6-9,11H2,1-2H3,(H2,16,18). The van der Waals surface area contributed by atoms with Crippen LogP contribution < -0.4 is 11.1 Å². The van der Waals surface area contributed by atoms with Crippen LogP contribution in [-0.4, -0.2) is 39.4 Å². The summed E-state index contributed by atoms with van der Waals surface area (Å²) in [5.41, 5.74) is 8.05. The van der Waals surface area contributed by atoms with E-state index in [1.54, 1.807) is 13.2 Å². The van der Waals surface area contributed by atoms with Crippen molar-refractivity contribution in [2.24, 2.45) is 5.73 Å². The molecule has 0 atom stereocenters. The smallest absolute Gasteiger partial charge is 0.248 e. The molecule has 20 heavy (non-hydrogen) atoms. The number of ether oxygens (including phenoxy) is 2. The lowest BCUT2D eigenvalue weighted by molar-refractivity contribution is 0.0695. The average molecular weight is 280 g/mol. The Morgan fingerprint density at radius 1 is 1.30 bits per heavy atom. The Morgan fingerprint density at radius 2 is 2.10 bits per heavy atom. The molecular weight excluding hydrogens is 256 g/mol. The van der Waals surface area contributed by atoms with Crippen molar-refractivity contribution in [2.75, 3.05) is 33.5 Å². The predicted molar refractivity (Wildman–Crippen MR) is 78.7 cm³/mol. The minimum Gasteiger partial charge on any atom is -0.382 e. The highest BCUT2D eigenvalue weighted by Gasteiger charge is 2.03. The van der Waals surface area contributed by atoms with Gasteiger partial charge in [0.2, 0.25) is 5.91 Å². The number of hydrogen-bond acceptors (Lipinski definition) is 4. The van der Waals surface area contributed by atoms with Crippen LogP contribution in [0.4, 0.5) is 0 Å². The first-order valence-electron chi connectivity index (χ1n) is 6.82. The second-order valence-electron chi connectivity index (χ2n) is 4.64. The highest BCUT2D eigenvalue weighted by atomic mass is 16.5. The number of nitrogens with one attached hydrogen (secondary N) is 1. The van der Waals surface area contributed by atoms with Crippen LogP contribution in [-0.2, 0) is 16.0 Å². The van der Waals surface area contributed by atoms with Gasteiger partial charge in [0.1, 0.15) is 0 Å². The Bertz CT molecular complexity index is 422. The largest absolute Gasteiger partial charge is 0.382 e. The third-order valence-corrected chi connectivity index (χ3v) is 3.02. The average Bonchev–Trinajstić information content (AvgIpc) is 2.43. The highest BCUT2D eigenvalue weighted by molar-refractivity contribution is 5.93. The van der Waals surface area contributed by atoms with Crippen molar-refractivity contribution in [1.29, 1.82) is 0 Å². The number of carbonyl (C=O) groups is 1. The van der Waals surface area contributed by atoms with Crippen LogP contribution in [0.15, 0.2) is 18.2 Å². The van der Waals surface area contributed by atoms with E-state index in [0.29, 0.717) is 18.8 Å². The quantitative estimate of drug-likeness (QED) is 0.632. The lowest BCUT2D eigenvalue weighted by atomic mass is 10.0. The number of methoxy groups -OCH3 is 1. The molecule has 0 bridgehead atoms. The van der Waals surface area contributed by atoms with E-state index in [1.807, 2.05) is 19.1 Å². The first kappa shape index (κ1) is 16.6. The molecule has 112 valence electrons. The van der Waals surface area contributed by atoms with Gasteiger partial charge in [-0.2, -0.15) is 0 Å². The van der Waals surface area contributed by atoms with Crippen molar-refractivity contribution in [1.82, 2.24) is 5.32 Å². The lowest BCUT2D eigenvalue weighted by Crippen LogP contribution is -2.18. The Kier molecular flexibility index (Phi) is 7.87. The van der Waals surface area contributed by atoms with E-state index >= 15 is 0 Å². The number of amides is 1. The van der Waals surface area contributed by atoms with E-state index in [0.717, 1.165) is 31.7 Å². The predicted octanol–water partition coefficient (Wildman–Crippen LogP) is 1.24. The number of aryl methyl sites for hydroxylation is 1. The van der Waals surface area contributed by atoms with Gasteiger partial charge in [0.05, 0.1) is 13.2 Å². The number of rotatable bonds is 10. The molecular formula is C15H24N2O3. The summed E-state index contributed by atoms with van der Waals surface area (Å²) in [5, 5.41) is 3.35. The summed E-state index contributed by atoms with van der Waals surface area (Å²) in [7, 11) is 1.66. The fourth-order valence-corrected chi connectivity index (χ4v) is 1.81. The normalized spacial score (nSPS) is 10.7. The molecule has 3 N–H and O–H groups in total. The number of nitrogens with two attached hydrogens (primary N) is 1. The summed E-state index contributed by atoms with van der Waals surface area (Å²) in [4.78, 5) is 11.1. The van der Waals surface area contributed by atoms with Gasteiger partial charge in [0, 0.05) is 25.8 Å². The van der Waals surface area contributed by atoms with Gasteiger partial charge in [-0.3, -0.25) is 4.79 Å². The molecule has 0 fully saturated rings. The summed E-state index contributed by atoms with van der Waals surface area (Å²) in [6.45, 7) is 5.67. The Balaban J connectivity index is 2.20. The fourth-order valence-electron chi connectivity index (χ4n) is 1.81. The SMILES string of the molecule is COCCOCCCNCc1ccc(C(N)=O)cc1C. The molecule has 5 heteroatoms. The number of primary amides is 1. The first-order chi connectivity index (χ1) is 9.65. The molecule has 0 aliphatic rings. The number of benzene rings is 1. The summed E-state index contributed by atoms with van der Waals surface area (Å²) >= 11 is 0. The van der Waals surface area contributed by atoms with E-state index in [2.05, 4.69) is 5.32 Å². The summed E-state index contributed by atoms with van der Waals surface area (Å²) in [6.07, 6.45) is 0.960.